The van der Waals surface area contributed by atoms with Crippen LogP contribution in [0.3, 0.4) is 0 Å². The first-order valence-corrected chi connectivity index (χ1v) is 11.8. The predicted molar refractivity (Wildman–Crippen MR) is 116 cm³/mol. The number of nitrogen functional groups attached to an aromatic ring is 1. The number of carbonyl (C=O) groups excluding carboxylic acids is 3. The van der Waals surface area contributed by atoms with Crippen LogP contribution in [0, 0.1) is 3.57 Å². The molecule has 10 heteroatoms. The van der Waals surface area contributed by atoms with Crippen molar-refractivity contribution in [2.75, 3.05) is 24.3 Å². The van der Waals surface area contributed by atoms with E-state index in [1.165, 1.54) is 20.2 Å². The molecule has 1 unspecified atom stereocenters. The van der Waals surface area contributed by atoms with Crippen molar-refractivity contribution in [1.82, 2.24) is 4.98 Å². The van der Waals surface area contributed by atoms with Gasteiger partial charge in [0.1, 0.15) is 11.6 Å². The summed E-state index contributed by atoms with van der Waals surface area (Å²) in [5, 5.41) is 0. The van der Waals surface area contributed by atoms with Gasteiger partial charge in [-0.1, -0.05) is 0 Å². The van der Waals surface area contributed by atoms with Crippen molar-refractivity contribution in [1.29, 1.82) is 0 Å². The number of nitrogens with two attached hydrogens (primary N) is 1. The third-order valence-corrected chi connectivity index (χ3v) is 7.15. The van der Waals surface area contributed by atoms with Gasteiger partial charge in [0, 0.05) is 30.5 Å². The molecule has 1 aromatic rings. The predicted octanol–water partition coefficient (Wildman–Crippen LogP) is 2.98. The number of hydrogen-bond donors (Lipinski definition) is 1. The van der Waals surface area contributed by atoms with Gasteiger partial charge in [-0.2, -0.15) is 4.36 Å². The van der Waals surface area contributed by atoms with E-state index in [2.05, 4.69) is 14.1 Å². The second-order valence-corrected chi connectivity index (χ2v) is 10.1. The van der Waals surface area contributed by atoms with E-state index in [1.807, 2.05) is 22.6 Å². The fourth-order valence-electron chi connectivity index (χ4n) is 2.36. The maximum absolute atomic E-state index is 13.2. The molecule has 8 nitrogen and oxygen atoms in total. The van der Waals surface area contributed by atoms with Gasteiger partial charge in [0.05, 0.1) is 26.0 Å². The number of anilines is 1. The van der Waals surface area contributed by atoms with Crippen molar-refractivity contribution < 1.29 is 23.3 Å². The first-order chi connectivity index (χ1) is 13.2. The molecule has 0 bridgehead atoms. The molecule has 2 N–H and O–H groups in total. The van der Waals surface area contributed by atoms with E-state index in [0.29, 0.717) is 41.5 Å². The topological polar surface area (TPSA) is 129 Å². The van der Waals surface area contributed by atoms with Crippen LogP contribution in [0.1, 0.15) is 55.8 Å². The minimum Gasteiger partial charge on any atom is -0.469 e. The number of hydrogen-bond acceptors (Lipinski definition) is 7. The van der Waals surface area contributed by atoms with Crippen LogP contribution in [0.25, 0.3) is 0 Å². The molecule has 0 saturated carbocycles. The maximum Gasteiger partial charge on any atom is 0.305 e. The minimum absolute atomic E-state index is 0.0696. The maximum atomic E-state index is 13.2. The second kappa shape index (κ2) is 12.1. The van der Waals surface area contributed by atoms with E-state index in [-0.39, 0.29) is 35.2 Å². The van der Waals surface area contributed by atoms with Crippen LogP contribution in [-0.2, 0) is 24.1 Å². The molecule has 0 aliphatic heterocycles. The van der Waals surface area contributed by atoms with Crippen LogP contribution >= 0.6 is 22.6 Å². The van der Waals surface area contributed by atoms with E-state index in [0.717, 1.165) is 0 Å². The Bertz CT molecular complexity index is 835. The highest BCUT2D eigenvalue weighted by Crippen LogP contribution is 2.16. The number of rotatable bonds is 11. The van der Waals surface area contributed by atoms with Crippen LogP contribution in [0.5, 0.6) is 0 Å². The Kier molecular flexibility index (Phi) is 10.6. The smallest absolute Gasteiger partial charge is 0.305 e. The zero-order valence-electron chi connectivity index (χ0n) is 16.1. The number of methoxy groups -OCH3 is 1. The lowest BCUT2D eigenvalue weighted by Crippen LogP contribution is -2.15. The fourth-order valence-corrected chi connectivity index (χ4v) is 4.94. The van der Waals surface area contributed by atoms with Crippen LogP contribution in [-0.4, -0.2) is 45.5 Å². The first kappa shape index (κ1) is 24.5. The first-order valence-electron chi connectivity index (χ1n) is 8.91. The number of aromatic nitrogens is 1. The molecule has 0 radical (unpaired) electrons. The van der Waals surface area contributed by atoms with Gasteiger partial charge in [-0.15, -0.1) is 0 Å². The average molecular weight is 523 g/mol. The SMILES string of the molecule is COC(=O)CCCCS(=O)(CCCCC(C)=O)=NC(=O)c1cnc(N)c(I)c1. The lowest BCUT2D eigenvalue weighted by molar-refractivity contribution is -0.140. The molecule has 156 valence electrons. The van der Waals surface area contributed by atoms with Crippen molar-refractivity contribution >= 4 is 55.8 Å². The number of amides is 1. The summed E-state index contributed by atoms with van der Waals surface area (Å²) in [5.41, 5.74) is 5.88. The molecule has 1 rings (SSSR count). The molecule has 0 saturated heterocycles. The number of nitrogens with zero attached hydrogens (tertiary/aromatic N) is 2. The molecule has 0 aromatic carbocycles. The van der Waals surface area contributed by atoms with Crippen LogP contribution in [0.15, 0.2) is 16.6 Å². The lowest BCUT2D eigenvalue weighted by atomic mass is 10.2. The number of Topliss-reactive ketones (excluding diaryl/α,β-unsaturated/α-hetero) is 1. The average Bonchev–Trinajstić information content (AvgIpc) is 2.64. The number of halogens is 1. The molecule has 0 fully saturated rings. The summed E-state index contributed by atoms with van der Waals surface area (Å²) < 4.78 is 22.5. The zero-order chi connectivity index (χ0) is 21.2. The van der Waals surface area contributed by atoms with Crippen molar-refractivity contribution in [2.24, 2.45) is 4.36 Å². The van der Waals surface area contributed by atoms with Gasteiger partial charge in [0.15, 0.2) is 0 Å². The molecule has 1 amide bonds. The van der Waals surface area contributed by atoms with Crippen LogP contribution in [0.4, 0.5) is 5.82 Å². The highest BCUT2D eigenvalue weighted by Gasteiger charge is 2.15. The van der Waals surface area contributed by atoms with E-state index in [4.69, 9.17) is 5.73 Å². The Hall–Kier alpha value is -1.56. The largest absolute Gasteiger partial charge is 0.469 e. The van der Waals surface area contributed by atoms with Gasteiger partial charge in [-0.25, -0.2) is 9.19 Å². The quantitative estimate of drug-likeness (QED) is 0.268. The summed E-state index contributed by atoms with van der Waals surface area (Å²) >= 11 is 1.96. The molecule has 28 heavy (non-hydrogen) atoms. The Balaban J connectivity index is 2.89. The Labute approximate surface area is 179 Å². The number of unbranched alkanes of at least 4 members (excludes halogenated alkanes) is 2. The van der Waals surface area contributed by atoms with Gasteiger partial charge >= 0.3 is 5.97 Å². The number of ether oxygens (including phenoxy) is 1. The van der Waals surface area contributed by atoms with Crippen LogP contribution < -0.4 is 5.73 Å². The normalized spacial score (nSPS) is 12.8. The number of carbonyl (C=O) groups is 3. The van der Waals surface area contributed by atoms with Gasteiger partial charge < -0.3 is 15.3 Å². The third-order valence-electron chi connectivity index (χ3n) is 3.93. The molecular weight excluding hydrogens is 497 g/mol. The summed E-state index contributed by atoms with van der Waals surface area (Å²) in [5.74, 6) is -0.123. The van der Waals surface area contributed by atoms with E-state index in [1.54, 1.807) is 6.07 Å². The number of pyridine rings is 1. The monoisotopic (exact) mass is 523 g/mol. The van der Waals surface area contributed by atoms with Gasteiger partial charge in [-0.05, 0) is 61.3 Å². The third kappa shape index (κ3) is 9.09. The van der Waals surface area contributed by atoms with E-state index in [9.17, 15) is 18.6 Å². The zero-order valence-corrected chi connectivity index (χ0v) is 19.1. The summed E-state index contributed by atoms with van der Waals surface area (Å²) in [6.45, 7) is 1.51. The van der Waals surface area contributed by atoms with Crippen molar-refractivity contribution in [2.45, 2.75) is 45.4 Å². The number of ketones is 1. The molecule has 0 aliphatic carbocycles. The van der Waals surface area contributed by atoms with E-state index >= 15 is 0 Å². The standard InChI is InChI=1S/C18H26IN3O5S/c1-13(23)7-3-5-9-28(26,10-6-4-8-16(24)27-2)22-18(25)14-11-15(19)17(20)21-12-14/h11-12H,3-10H2,1-2H3,(H2,20,21). The lowest BCUT2D eigenvalue weighted by Gasteiger charge is -2.10. The van der Waals surface area contributed by atoms with Crippen molar-refractivity contribution in [3.8, 4) is 0 Å². The van der Waals surface area contributed by atoms with Crippen LogP contribution in [0.2, 0.25) is 0 Å². The molecular formula is C18H26IN3O5S. The molecule has 0 spiro atoms. The summed E-state index contributed by atoms with van der Waals surface area (Å²) in [6.07, 6.45) is 4.06. The van der Waals surface area contributed by atoms with Gasteiger partial charge in [0.25, 0.3) is 5.91 Å². The summed E-state index contributed by atoms with van der Waals surface area (Å²) in [7, 11) is -1.50. The van der Waals surface area contributed by atoms with Gasteiger partial charge in [-0.3, -0.25) is 9.59 Å². The summed E-state index contributed by atoms with van der Waals surface area (Å²) in [4.78, 5) is 38.7. The summed E-state index contributed by atoms with van der Waals surface area (Å²) in [6, 6.07) is 1.56. The fraction of sp³-hybridized carbons (Fsp3) is 0.556. The molecule has 0 aliphatic rings. The Morgan fingerprint density at radius 1 is 1.18 bits per heavy atom. The van der Waals surface area contributed by atoms with E-state index < -0.39 is 15.6 Å². The second-order valence-electron chi connectivity index (χ2n) is 6.36. The highest BCUT2D eigenvalue weighted by atomic mass is 127. The number of esters is 1. The van der Waals surface area contributed by atoms with Crippen molar-refractivity contribution in [3.05, 3.63) is 21.4 Å². The molecule has 1 heterocycles. The minimum atomic E-state index is -2.81. The molecule has 1 atom stereocenters. The Morgan fingerprint density at radius 2 is 1.79 bits per heavy atom. The highest BCUT2D eigenvalue weighted by molar-refractivity contribution is 14.1. The Morgan fingerprint density at radius 3 is 2.32 bits per heavy atom. The van der Waals surface area contributed by atoms with Crippen molar-refractivity contribution in [3.63, 3.8) is 0 Å². The molecule has 1 aromatic heterocycles. The van der Waals surface area contributed by atoms with Gasteiger partial charge in [0.2, 0.25) is 0 Å².